The van der Waals surface area contributed by atoms with E-state index in [-0.39, 0.29) is 5.75 Å². The molecule has 0 unspecified atom stereocenters. The first kappa shape index (κ1) is 11.4. The second-order valence-corrected chi connectivity index (χ2v) is 5.29. The summed E-state index contributed by atoms with van der Waals surface area (Å²) in [6.45, 7) is 0. The Hall–Kier alpha value is -1.66. The van der Waals surface area contributed by atoms with Crippen molar-refractivity contribution in [2.75, 3.05) is 0 Å². The molecular formula is C12H7BrN2O2S. The summed E-state index contributed by atoms with van der Waals surface area (Å²) < 4.78 is 5.96. The molecule has 2 aromatic heterocycles. The highest BCUT2D eigenvalue weighted by Gasteiger charge is 2.14. The molecule has 0 saturated heterocycles. The van der Waals surface area contributed by atoms with E-state index in [2.05, 4.69) is 26.1 Å². The summed E-state index contributed by atoms with van der Waals surface area (Å²) in [6, 6.07) is 7.04. The van der Waals surface area contributed by atoms with E-state index in [4.69, 9.17) is 4.52 Å². The molecule has 4 nitrogen and oxygen atoms in total. The monoisotopic (exact) mass is 322 g/mol. The number of thiophene rings is 1. The van der Waals surface area contributed by atoms with Crippen molar-refractivity contribution in [1.29, 1.82) is 0 Å². The van der Waals surface area contributed by atoms with Gasteiger partial charge in [0.25, 0.3) is 5.89 Å². The minimum Gasteiger partial charge on any atom is -0.507 e. The van der Waals surface area contributed by atoms with E-state index < -0.39 is 0 Å². The number of nitrogens with zero attached hydrogens (tertiary/aromatic N) is 2. The number of phenolic OH excluding ortho intramolecular Hbond substituents is 1. The quantitative estimate of drug-likeness (QED) is 0.776. The van der Waals surface area contributed by atoms with Crippen LogP contribution in [0.15, 0.2) is 44.0 Å². The molecule has 0 radical (unpaired) electrons. The molecule has 0 atom stereocenters. The second-order valence-electron chi connectivity index (χ2n) is 3.60. The summed E-state index contributed by atoms with van der Waals surface area (Å²) in [5.74, 6) is 0.930. The summed E-state index contributed by atoms with van der Waals surface area (Å²) in [6.07, 6.45) is 0. The van der Waals surface area contributed by atoms with Gasteiger partial charge in [0, 0.05) is 15.4 Å². The number of hydrogen-bond donors (Lipinski definition) is 1. The first-order valence-electron chi connectivity index (χ1n) is 5.09. The Labute approximate surface area is 115 Å². The minimum absolute atomic E-state index is 0.102. The zero-order chi connectivity index (χ0) is 12.5. The molecule has 6 heteroatoms. The van der Waals surface area contributed by atoms with Gasteiger partial charge in [0.05, 0.1) is 5.56 Å². The van der Waals surface area contributed by atoms with Gasteiger partial charge in [0.2, 0.25) is 5.82 Å². The van der Waals surface area contributed by atoms with Crippen LogP contribution in [0.3, 0.4) is 0 Å². The van der Waals surface area contributed by atoms with Crippen LogP contribution in [0.5, 0.6) is 5.75 Å². The molecule has 0 bridgehead atoms. The van der Waals surface area contributed by atoms with Gasteiger partial charge in [0.15, 0.2) is 0 Å². The average Bonchev–Trinajstić information content (AvgIpc) is 2.99. The largest absolute Gasteiger partial charge is 0.507 e. The number of halogens is 1. The zero-order valence-electron chi connectivity index (χ0n) is 9.00. The lowest BCUT2D eigenvalue weighted by Gasteiger charge is -1.98. The molecule has 0 amide bonds. The Morgan fingerprint density at radius 1 is 1.28 bits per heavy atom. The van der Waals surface area contributed by atoms with Gasteiger partial charge < -0.3 is 9.63 Å². The fraction of sp³-hybridized carbons (Fsp3) is 0. The average molecular weight is 323 g/mol. The number of aromatic nitrogens is 2. The normalized spacial score (nSPS) is 10.7. The van der Waals surface area contributed by atoms with E-state index in [1.54, 1.807) is 23.5 Å². The van der Waals surface area contributed by atoms with Crippen molar-refractivity contribution in [3.05, 3.63) is 39.5 Å². The van der Waals surface area contributed by atoms with Crippen molar-refractivity contribution < 1.29 is 9.63 Å². The summed E-state index contributed by atoms with van der Waals surface area (Å²) in [5, 5.41) is 17.6. The molecule has 3 aromatic rings. The highest BCUT2D eigenvalue weighted by atomic mass is 79.9. The van der Waals surface area contributed by atoms with E-state index in [1.807, 2.05) is 22.9 Å². The van der Waals surface area contributed by atoms with Crippen molar-refractivity contribution in [2.24, 2.45) is 0 Å². The molecule has 0 spiro atoms. The van der Waals surface area contributed by atoms with Crippen LogP contribution in [0, 0.1) is 0 Å². The molecule has 3 rings (SSSR count). The Morgan fingerprint density at radius 2 is 2.17 bits per heavy atom. The number of phenols is 1. The van der Waals surface area contributed by atoms with E-state index in [0.29, 0.717) is 17.3 Å². The first-order chi connectivity index (χ1) is 8.74. The lowest BCUT2D eigenvalue weighted by Crippen LogP contribution is -1.80. The molecule has 0 saturated carbocycles. The lowest BCUT2D eigenvalue weighted by molar-refractivity contribution is 0.425. The van der Waals surface area contributed by atoms with Crippen molar-refractivity contribution in [3.63, 3.8) is 0 Å². The van der Waals surface area contributed by atoms with Crippen LogP contribution in [0.1, 0.15) is 0 Å². The predicted molar refractivity (Wildman–Crippen MR) is 72.4 cm³/mol. The molecule has 0 aliphatic carbocycles. The van der Waals surface area contributed by atoms with E-state index in [0.717, 1.165) is 10.0 Å². The number of benzene rings is 1. The molecule has 18 heavy (non-hydrogen) atoms. The summed E-state index contributed by atoms with van der Waals surface area (Å²) in [4.78, 5) is 4.27. The minimum atomic E-state index is 0.102. The van der Waals surface area contributed by atoms with Crippen LogP contribution >= 0.6 is 27.3 Å². The highest BCUT2D eigenvalue weighted by molar-refractivity contribution is 9.10. The molecule has 0 aliphatic heterocycles. The number of hydrogen-bond acceptors (Lipinski definition) is 5. The molecule has 2 heterocycles. The van der Waals surface area contributed by atoms with Crippen LogP contribution in [0.4, 0.5) is 0 Å². The van der Waals surface area contributed by atoms with Gasteiger partial charge in [0.1, 0.15) is 5.75 Å². The number of rotatable bonds is 2. The van der Waals surface area contributed by atoms with Gasteiger partial charge in [-0.2, -0.15) is 16.3 Å². The van der Waals surface area contributed by atoms with Gasteiger partial charge in [-0.15, -0.1) is 0 Å². The Kier molecular flexibility index (Phi) is 2.89. The maximum absolute atomic E-state index is 9.83. The molecule has 90 valence electrons. The Balaban J connectivity index is 2.03. The maximum atomic E-state index is 9.83. The first-order valence-corrected chi connectivity index (χ1v) is 6.83. The Morgan fingerprint density at radius 3 is 2.89 bits per heavy atom. The molecule has 1 N–H and O–H groups in total. The van der Waals surface area contributed by atoms with E-state index in [1.165, 1.54) is 0 Å². The third kappa shape index (κ3) is 2.04. The summed E-state index contributed by atoms with van der Waals surface area (Å²) in [7, 11) is 0. The van der Waals surface area contributed by atoms with Crippen LogP contribution in [0.25, 0.3) is 22.8 Å². The van der Waals surface area contributed by atoms with Gasteiger partial charge in [-0.05, 0) is 29.6 Å². The van der Waals surface area contributed by atoms with E-state index >= 15 is 0 Å². The molecule has 0 aliphatic rings. The molecule has 1 aromatic carbocycles. The fourth-order valence-corrected chi connectivity index (χ4v) is 2.51. The summed E-state index contributed by atoms with van der Waals surface area (Å²) in [5.41, 5.74) is 1.43. The van der Waals surface area contributed by atoms with Crippen molar-refractivity contribution in [3.8, 4) is 28.6 Å². The van der Waals surface area contributed by atoms with Gasteiger partial charge in [-0.3, -0.25) is 0 Å². The van der Waals surface area contributed by atoms with Crippen molar-refractivity contribution in [1.82, 2.24) is 10.1 Å². The SMILES string of the molecule is Oc1cc(Br)ccc1-c1nc(-c2ccsc2)no1. The van der Waals surface area contributed by atoms with Crippen LogP contribution in [-0.4, -0.2) is 15.2 Å². The third-order valence-electron chi connectivity index (χ3n) is 2.40. The van der Waals surface area contributed by atoms with Gasteiger partial charge >= 0.3 is 0 Å². The maximum Gasteiger partial charge on any atom is 0.261 e. The zero-order valence-corrected chi connectivity index (χ0v) is 11.4. The number of aromatic hydroxyl groups is 1. The van der Waals surface area contributed by atoms with Gasteiger partial charge in [-0.1, -0.05) is 21.1 Å². The fourth-order valence-electron chi connectivity index (χ4n) is 1.53. The van der Waals surface area contributed by atoms with Gasteiger partial charge in [-0.25, -0.2) is 0 Å². The molecular weight excluding hydrogens is 316 g/mol. The smallest absolute Gasteiger partial charge is 0.261 e. The van der Waals surface area contributed by atoms with Crippen LogP contribution in [-0.2, 0) is 0 Å². The van der Waals surface area contributed by atoms with E-state index in [9.17, 15) is 5.11 Å². The standard InChI is InChI=1S/C12H7BrN2O2S/c13-8-1-2-9(10(16)5-8)12-14-11(15-17-12)7-3-4-18-6-7/h1-6,16H. The van der Waals surface area contributed by atoms with Crippen LogP contribution < -0.4 is 0 Å². The van der Waals surface area contributed by atoms with Crippen molar-refractivity contribution >= 4 is 27.3 Å². The second kappa shape index (κ2) is 4.55. The Bertz CT molecular complexity index is 679. The molecule has 0 fully saturated rings. The third-order valence-corrected chi connectivity index (χ3v) is 3.57. The topological polar surface area (TPSA) is 59.2 Å². The highest BCUT2D eigenvalue weighted by Crippen LogP contribution is 2.31. The lowest BCUT2D eigenvalue weighted by atomic mass is 10.2. The van der Waals surface area contributed by atoms with Crippen molar-refractivity contribution in [2.45, 2.75) is 0 Å². The van der Waals surface area contributed by atoms with Crippen LogP contribution in [0.2, 0.25) is 0 Å². The summed E-state index contributed by atoms with van der Waals surface area (Å²) >= 11 is 4.85. The predicted octanol–water partition coefficient (Wildman–Crippen LogP) is 3.93.